The molecule has 0 spiro atoms. The summed E-state index contributed by atoms with van der Waals surface area (Å²) < 4.78 is 34.8. The second kappa shape index (κ2) is 15.1. The van der Waals surface area contributed by atoms with Gasteiger partial charge in [-0.2, -0.15) is 4.98 Å². The molecule has 54 heavy (non-hydrogen) atoms. The molecular formula is C43H46N4O6S. The minimum Gasteiger partial charge on any atom is -0.472 e. The zero-order chi connectivity index (χ0) is 37.3. The summed E-state index contributed by atoms with van der Waals surface area (Å²) in [6, 6.07) is 26.4. The van der Waals surface area contributed by atoms with Crippen molar-refractivity contribution in [1.82, 2.24) is 19.6 Å². The second-order valence-corrected chi connectivity index (χ2v) is 17.4. The van der Waals surface area contributed by atoms with Crippen molar-refractivity contribution in [3.63, 3.8) is 0 Å². The van der Waals surface area contributed by atoms with Crippen LogP contribution in [0, 0.1) is 17.3 Å². The summed E-state index contributed by atoms with van der Waals surface area (Å²) in [5.74, 6) is -0.690. The fraction of sp³-hybridized carbons (Fsp3) is 0.419. The van der Waals surface area contributed by atoms with Gasteiger partial charge in [-0.3, -0.25) is 19.1 Å². The molecule has 8 rings (SSSR count). The molecule has 5 atom stereocenters. The topological polar surface area (TPSA) is 136 Å². The highest BCUT2D eigenvalue weighted by Crippen LogP contribution is 2.57. The van der Waals surface area contributed by atoms with E-state index in [0.717, 1.165) is 42.2 Å². The van der Waals surface area contributed by atoms with Gasteiger partial charge in [-0.15, -0.1) is 0 Å². The number of ketones is 1. The van der Waals surface area contributed by atoms with Crippen LogP contribution >= 0.6 is 0 Å². The second-order valence-electron chi connectivity index (χ2n) is 15.5. The number of allylic oxidation sites excluding steroid dienone is 2. The average Bonchev–Trinajstić information content (AvgIpc) is 4.11. The molecule has 2 saturated carbocycles. The number of ether oxygens (including phenoxy) is 1. The highest BCUT2D eigenvalue weighted by molar-refractivity contribution is 7.90. The van der Waals surface area contributed by atoms with E-state index in [0.29, 0.717) is 49.3 Å². The molecule has 1 saturated heterocycles. The van der Waals surface area contributed by atoms with E-state index in [-0.39, 0.29) is 42.9 Å². The lowest BCUT2D eigenvalue weighted by atomic mass is 9.90. The molecule has 3 fully saturated rings. The lowest BCUT2D eigenvalue weighted by molar-refractivity contribution is -0.142. The Hall–Kier alpha value is -4.90. The van der Waals surface area contributed by atoms with Crippen LogP contribution in [0.3, 0.4) is 0 Å². The number of carbonyl (C=O) groups excluding carboxylic acids is 3. The first-order valence-corrected chi connectivity index (χ1v) is 20.8. The van der Waals surface area contributed by atoms with Gasteiger partial charge in [0.15, 0.2) is 11.6 Å². The summed E-state index contributed by atoms with van der Waals surface area (Å²) in [5, 5.41) is 0.160. The molecule has 11 heteroatoms. The van der Waals surface area contributed by atoms with Gasteiger partial charge in [0.05, 0.1) is 34.2 Å². The van der Waals surface area contributed by atoms with Gasteiger partial charge in [0.25, 0.3) is 0 Å². The summed E-state index contributed by atoms with van der Waals surface area (Å²) in [6.45, 7) is 0.179. The van der Waals surface area contributed by atoms with Gasteiger partial charge in [0, 0.05) is 24.3 Å². The SMILES string of the molecule is O=C1C[C@]2(C(=O)NS(=O)(=O)C3CC3)C[C@H]2/C=C\CCCCC[C@H](Cc2ccccc2)C(=O)N2C[C@H](Oc3nc(-c4ccccc4)nc4ccccc34)C[C@@H]12. The van der Waals surface area contributed by atoms with Crippen LogP contribution in [0.4, 0.5) is 0 Å². The Morgan fingerprint density at radius 3 is 2.41 bits per heavy atom. The van der Waals surface area contributed by atoms with Gasteiger partial charge >= 0.3 is 0 Å². The third-order valence-corrected chi connectivity index (χ3v) is 13.4. The summed E-state index contributed by atoms with van der Waals surface area (Å²) in [7, 11) is -3.81. The number of aromatic nitrogens is 2. The largest absolute Gasteiger partial charge is 0.472 e. The molecule has 1 aromatic heterocycles. The number of sulfonamides is 1. The third kappa shape index (κ3) is 7.69. The Morgan fingerprint density at radius 1 is 0.889 bits per heavy atom. The number of rotatable bonds is 8. The smallest absolute Gasteiger partial charge is 0.240 e. The van der Waals surface area contributed by atoms with E-state index in [1.807, 2.05) is 91.0 Å². The summed E-state index contributed by atoms with van der Waals surface area (Å²) in [4.78, 5) is 54.6. The standard InChI is InChI=1S/C43H46N4O6S/c48-38-27-43(42(50)46-54(51,52)34-22-23-34)26-32(43)19-11-3-1-2-8-18-31(24-29-14-6-4-7-15-29)41(49)47-28-33(25-37(38)47)53-40-35-20-12-13-21-36(35)44-39(45-40)30-16-9-5-10-17-30/h4-7,9-17,19-21,31-34,37H,1-3,8,18,22-28H2,(H,46,50)/b19-11-/t31-,32-,33-,37+,43-/m1/s1. The van der Waals surface area contributed by atoms with Crippen LogP contribution in [0.25, 0.3) is 22.3 Å². The average molecular weight is 747 g/mol. The number of para-hydroxylation sites is 1. The number of nitrogens with one attached hydrogen (secondary N) is 1. The molecule has 2 aliphatic heterocycles. The van der Waals surface area contributed by atoms with Crippen molar-refractivity contribution in [3.05, 3.63) is 103 Å². The van der Waals surface area contributed by atoms with Crippen LogP contribution in [-0.2, 0) is 30.8 Å². The molecule has 0 unspecified atom stereocenters. The molecule has 1 N–H and O–H groups in total. The maximum Gasteiger partial charge on any atom is 0.240 e. The molecule has 2 aliphatic carbocycles. The van der Waals surface area contributed by atoms with Gasteiger partial charge in [0.2, 0.25) is 27.7 Å². The Bertz CT molecular complexity index is 2170. The monoisotopic (exact) mass is 746 g/mol. The predicted octanol–water partition coefficient (Wildman–Crippen LogP) is 6.60. The van der Waals surface area contributed by atoms with E-state index < -0.39 is 38.7 Å². The van der Waals surface area contributed by atoms with Crippen molar-refractivity contribution in [2.75, 3.05) is 6.54 Å². The van der Waals surface area contributed by atoms with Crippen molar-refractivity contribution in [2.24, 2.45) is 17.3 Å². The lowest BCUT2D eigenvalue weighted by Crippen LogP contribution is -2.46. The molecule has 0 radical (unpaired) electrons. The third-order valence-electron chi connectivity index (χ3n) is 11.5. The van der Waals surface area contributed by atoms with E-state index in [1.54, 1.807) is 4.90 Å². The van der Waals surface area contributed by atoms with E-state index in [2.05, 4.69) is 10.8 Å². The predicted molar refractivity (Wildman–Crippen MR) is 206 cm³/mol. The number of hydrogen-bond donors (Lipinski definition) is 1. The quantitative estimate of drug-likeness (QED) is 0.200. The van der Waals surface area contributed by atoms with Crippen LogP contribution in [0.15, 0.2) is 97.1 Å². The number of carbonyl (C=O) groups is 3. The molecular weight excluding hydrogens is 701 g/mol. The van der Waals surface area contributed by atoms with Crippen molar-refractivity contribution in [3.8, 4) is 17.3 Å². The van der Waals surface area contributed by atoms with Crippen molar-refractivity contribution < 1.29 is 27.5 Å². The minimum absolute atomic E-state index is 0.101. The van der Waals surface area contributed by atoms with E-state index in [1.165, 1.54) is 0 Å². The molecule has 2 amide bonds. The molecule has 280 valence electrons. The Morgan fingerprint density at radius 2 is 1.63 bits per heavy atom. The van der Waals surface area contributed by atoms with Crippen molar-refractivity contribution >= 4 is 38.5 Å². The zero-order valence-corrected chi connectivity index (χ0v) is 31.1. The number of fused-ring (bicyclic) bond motifs is 3. The lowest BCUT2D eigenvalue weighted by Gasteiger charge is -2.29. The number of benzene rings is 3. The Balaban J connectivity index is 1.12. The van der Waals surface area contributed by atoms with Crippen LogP contribution < -0.4 is 9.46 Å². The molecule has 3 aromatic carbocycles. The maximum absolute atomic E-state index is 14.8. The van der Waals surface area contributed by atoms with Crippen molar-refractivity contribution in [2.45, 2.75) is 88.0 Å². The minimum atomic E-state index is -3.81. The number of hydrogen-bond acceptors (Lipinski definition) is 8. The fourth-order valence-electron chi connectivity index (χ4n) is 8.23. The molecule has 4 aliphatic rings. The van der Waals surface area contributed by atoms with Crippen LogP contribution in [0.2, 0.25) is 0 Å². The van der Waals surface area contributed by atoms with Crippen LogP contribution in [0.1, 0.15) is 69.8 Å². The summed E-state index contributed by atoms with van der Waals surface area (Å²) >= 11 is 0. The summed E-state index contributed by atoms with van der Waals surface area (Å²) in [6.07, 6.45) is 9.78. The fourth-order valence-corrected chi connectivity index (χ4v) is 9.62. The van der Waals surface area contributed by atoms with Crippen molar-refractivity contribution in [1.29, 1.82) is 0 Å². The van der Waals surface area contributed by atoms with E-state index in [9.17, 15) is 22.8 Å². The Kier molecular flexibility index (Phi) is 10.1. The number of amides is 2. The van der Waals surface area contributed by atoms with Crippen LogP contribution in [-0.4, -0.2) is 64.8 Å². The van der Waals surface area contributed by atoms with E-state index >= 15 is 0 Å². The van der Waals surface area contributed by atoms with E-state index in [4.69, 9.17) is 14.7 Å². The molecule has 3 heterocycles. The van der Waals surface area contributed by atoms with Gasteiger partial charge in [-0.25, -0.2) is 13.4 Å². The summed E-state index contributed by atoms with van der Waals surface area (Å²) in [5.41, 5.74) is 1.42. The zero-order valence-electron chi connectivity index (χ0n) is 30.3. The van der Waals surface area contributed by atoms with Gasteiger partial charge in [-0.05, 0) is 68.6 Å². The first-order valence-electron chi connectivity index (χ1n) is 19.3. The first-order chi connectivity index (χ1) is 26.2. The van der Waals surface area contributed by atoms with Crippen LogP contribution in [0.5, 0.6) is 5.88 Å². The maximum atomic E-state index is 14.8. The number of Topliss-reactive ketones (excluding diaryl/α,β-unsaturated/α-hetero) is 1. The van der Waals surface area contributed by atoms with Gasteiger partial charge in [-0.1, -0.05) is 97.8 Å². The molecule has 4 aromatic rings. The Labute approximate surface area is 316 Å². The molecule has 10 nitrogen and oxygen atoms in total. The molecule has 0 bridgehead atoms. The highest BCUT2D eigenvalue weighted by atomic mass is 32.2. The highest BCUT2D eigenvalue weighted by Gasteiger charge is 2.61. The van der Waals surface area contributed by atoms with Gasteiger partial charge < -0.3 is 9.64 Å². The first kappa shape index (κ1) is 36.1. The van der Waals surface area contributed by atoms with Gasteiger partial charge in [0.1, 0.15) is 6.10 Å². The number of nitrogens with zero attached hydrogens (tertiary/aromatic N) is 3. The normalized spacial score (nSPS) is 26.9.